The van der Waals surface area contributed by atoms with Gasteiger partial charge < -0.3 is 14.8 Å². The molecule has 0 radical (unpaired) electrons. The molecule has 0 heterocycles. The first-order chi connectivity index (χ1) is 13.8. The van der Waals surface area contributed by atoms with Crippen LogP contribution in [0.2, 0.25) is 0 Å². The van der Waals surface area contributed by atoms with Crippen LogP contribution >= 0.6 is 0 Å². The second-order valence-electron chi connectivity index (χ2n) is 6.50. The number of alkyl carbamates (subject to hydrolysis) is 1. The van der Waals surface area contributed by atoms with Crippen molar-refractivity contribution in [1.82, 2.24) is 5.32 Å². The normalized spacial score (nSPS) is 14.2. The van der Waals surface area contributed by atoms with Crippen molar-refractivity contribution in [3.8, 4) is 0 Å². The Morgan fingerprint density at radius 3 is 2.07 bits per heavy atom. The van der Waals surface area contributed by atoms with Gasteiger partial charge in [-0.3, -0.25) is 0 Å². The van der Waals surface area contributed by atoms with Gasteiger partial charge in [0.2, 0.25) is 0 Å². The summed E-state index contributed by atoms with van der Waals surface area (Å²) in [5.41, 5.74) is -3.41. The second kappa shape index (κ2) is 8.10. The van der Waals surface area contributed by atoms with Gasteiger partial charge in [-0.2, -0.15) is 0 Å². The van der Waals surface area contributed by atoms with E-state index >= 15 is 0 Å². The van der Waals surface area contributed by atoms with Crippen molar-refractivity contribution >= 4 is 12.1 Å². The summed E-state index contributed by atoms with van der Waals surface area (Å²) < 4.78 is 67.2. The molecule has 1 aliphatic carbocycles. The molecule has 0 unspecified atom stereocenters. The third-order valence-corrected chi connectivity index (χ3v) is 4.53. The van der Waals surface area contributed by atoms with E-state index in [1.807, 2.05) is 0 Å². The Kier molecular flexibility index (Phi) is 5.76. The van der Waals surface area contributed by atoms with Gasteiger partial charge in [0.05, 0.1) is 17.7 Å². The van der Waals surface area contributed by atoms with Crippen molar-refractivity contribution in [2.24, 2.45) is 0 Å². The van der Waals surface area contributed by atoms with Crippen LogP contribution in [0, 0.1) is 23.3 Å². The van der Waals surface area contributed by atoms with Crippen LogP contribution in [0.1, 0.15) is 41.3 Å². The molecule has 2 aromatic rings. The van der Waals surface area contributed by atoms with Crippen LogP contribution in [0.15, 0.2) is 30.3 Å². The van der Waals surface area contributed by atoms with Crippen LogP contribution in [0.5, 0.6) is 0 Å². The second-order valence-corrected chi connectivity index (χ2v) is 6.50. The highest BCUT2D eigenvalue weighted by Crippen LogP contribution is 2.48. The van der Waals surface area contributed by atoms with E-state index in [1.165, 1.54) is 6.92 Å². The molecule has 1 fully saturated rings. The molecule has 1 saturated carbocycles. The largest absolute Gasteiger partial charge is 0.462 e. The molecule has 1 amide bonds. The zero-order valence-corrected chi connectivity index (χ0v) is 15.4. The number of halogens is 4. The van der Waals surface area contributed by atoms with Crippen molar-refractivity contribution in [2.75, 3.05) is 6.61 Å². The summed E-state index contributed by atoms with van der Waals surface area (Å²) in [7, 11) is 0. The molecule has 9 heteroatoms. The zero-order valence-electron chi connectivity index (χ0n) is 15.4. The summed E-state index contributed by atoms with van der Waals surface area (Å²) in [4.78, 5) is 23.7. The molecular weight excluding hydrogens is 394 g/mol. The lowest BCUT2D eigenvalue weighted by Crippen LogP contribution is -2.37. The van der Waals surface area contributed by atoms with Crippen molar-refractivity contribution < 1.29 is 36.6 Å². The van der Waals surface area contributed by atoms with Crippen LogP contribution in [0.4, 0.5) is 22.4 Å². The molecule has 0 bridgehead atoms. The highest BCUT2D eigenvalue weighted by Gasteiger charge is 2.52. The quantitative estimate of drug-likeness (QED) is 0.437. The number of rotatable bonds is 6. The fraction of sp³-hybridized carbons (Fsp3) is 0.300. The smallest absolute Gasteiger partial charge is 0.408 e. The molecule has 3 rings (SSSR count). The minimum atomic E-state index is -1.87. The molecule has 0 aromatic heterocycles. The molecule has 0 atom stereocenters. The predicted molar refractivity (Wildman–Crippen MR) is 92.9 cm³/mol. The summed E-state index contributed by atoms with van der Waals surface area (Å²) in [6.45, 7) is 1.04. The maximum atomic E-state index is 14.6. The van der Waals surface area contributed by atoms with Gasteiger partial charge in [-0.05, 0) is 25.3 Å². The van der Waals surface area contributed by atoms with Gasteiger partial charge in [0.1, 0.15) is 12.2 Å². The summed E-state index contributed by atoms with van der Waals surface area (Å²) in [6.07, 6.45) is -0.918. The van der Waals surface area contributed by atoms with E-state index in [9.17, 15) is 27.2 Å². The summed E-state index contributed by atoms with van der Waals surface area (Å²) in [6, 6.07) is 8.66. The number of carbonyl (C=O) groups is 2. The molecular formula is C20H17F4NO4. The first-order valence-electron chi connectivity index (χ1n) is 8.83. The highest BCUT2D eigenvalue weighted by molar-refractivity contribution is 5.90. The Balaban J connectivity index is 1.84. The molecule has 2 aromatic carbocycles. The van der Waals surface area contributed by atoms with Gasteiger partial charge in [-0.25, -0.2) is 27.2 Å². The predicted octanol–water partition coefficient (Wildman–Crippen LogP) is 4.34. The standard InChI is InChI=1S/C20H17F4NO4/c1-2-28-18(26)12-14(21)16(23)13(17(24)15(12)22)20(8-9-20)25-19(27)29-10-11-6-4-3-5-7-11/h3-7H,2,8-10H2,1H3,(H,25,27). The van der Waals surface area contributed by atoms with E-state index in [-0.39, 0.29) is 26.1 Å². The Morgan fingerprint density at radius 1 is 0.966 bits per heavy atom. The lowest BCUT2D eigenvalue weighted by atomic mass is 9.99. The number of carbonyl (C=O) groups excluding carboxylic acids is 2. The Hall–Kier alpha value is -3.10. The maximum absolute atomic E-state index is 14.6. The van der Waals surface area contributed by atoms with Crippen molar-refractivity contribution in [3.63, 3.8) is 0 Å². The van der Waals surface area contributed by atoms with Gasteiger partial charge in [-0.1, -0.05) is 30.3 Å². The number of hydrogen-bond donors (Lipinski definition) is 1. The summed E-state index contributed by atoms with van der Waals surface area (Å²) in [5.74, 6) is -8.78. The van der Waals surface area contributed by atoms with E-state index in [4.69, 9.17) is 4.74 Å². The Morgan fingerprint density at radius 2 is 1.55 bits per heavy atom. The van der Waals surface area contributed by atoms with Crippen LogP contribution in [-0.2, 0) is 21.6 Å². The lowest BCUT2D eigenvalue weighted by Gasteiger charge is -2.20. The molecule has 0 spiro atoms. The third-order valence-electron chi connectivity index (χ3n) is 4.53. The van der Waals surface area contributed by atoms with E-state index in [2.05, 4.69) is 10.1 Å². The minimum absolute atomic E-state index is 0.0406. The topological polar surface area (TPSA) is 64.6 Å². The highest BCUT2D eigenvalue weighted by atomic mass is 19.2. The molecule has 29 heavy (non-hydrogen) atoms. The number of amides is 1. The van der Waals surface area contributed by atoms with Gasteiger partial charge in [0.25, 0.3) is 0 Å². The fourth-order valence-corrected chi connectivity index (χ4v) is 2.95. The van der Waals surface area contributed by atoms with Crippen molar-refractivity contribution in [2.45, 2.75) is 31.9 Å². The van der Waals surface area contributed by atoms with E-state index in [0.717, 1.165) is 0 Å². The Bertz CT molecular complexity index is 916. The van der Waals surface area contributed by atoms with E-state index in [0.29, 0.717) is 5.56 Å². The summed E-state index contributed by atoms with van der Waals surface area (Å²) >= 11 is 0. The van der Waals surface area contributed by atoms with Gasteiger partial charge >= 0.3 is 12.1 Å². The van der Waals surface area contributed by atoms with Crippen LogP contribution in [0.3, 0.4) is 0 Å². The number of ether oxygens (including phenoxy) is 2. The van der Waals surface area contributed by atoms with Crippen molar-refractivity contribution in [3.05, 3.63) is 70.3 Å². The van der Waals surface area contributed by atoms with Crippen LogP contribution in [-0.4, -0.2) is 18.7 Å². The number of hydrogen-bond acceptors (Lipinski definition) is 4. The van der Waals surface area contributed by atoms with Crippen molar-refractivity contribution in [1.29, 1.82) is 0 Å². The SMILES string of the molecule is CCOC(=O)c1c(F)c(F)c(C2(NC(=O)OCc3ccccc3)CC2)c(F)c1F. The molecule has 0 aliphatic heterocycles. The first-order valence-corrected chi connectivity index (χ1v) is 8.83. The molecule has 1 aliphatic rings. The summed E-state index contributed by atoms with van der Waals surface area (Å²) in [5, 5.41) is 2.27. The number of nitrogens with one attached hydrogen (secondary N) is 1. The van der Waals surface area contributed by atoms with Gasteiger partial charge in [-0.15, -0.1) is 0 Å². The maximum Gasteiger partial charge on any atom is 0.408 e. The molecule has 1 N–H and O–H groups in total. The lowest BCUT2D eigenvalue weighted by molar-refractivity contribution is 0.0511. The zero-order chi connectivity index (χ0) is 21.2. The first kappa shape index (κ1) is 20.6. The fourth-order valence-electron chi connectivity index (χ4n) is 2.95. The average molecular weight is 411 g/mol. The third kappa shape index (κ3) is 4.03. The van der Waals surface area contributed by atoms with Gasteiger partial charge in [0, 0.05) is 0 Å². The number of esters is 1. The van der Waals surface area contributed by atoms with Gasteiger partial charge in [0.15, 0.2) is 23.3 Å². The minimum Gasteiger partial charge on any atom is -0.462 e. The Labute approximate surface area is 163 Å². The van der Waals surface area contributed by atoms with Crippen LogP contribution in [0.25, 0.3) is 0 Å². The monoisotopic (exact) mass is 411 g/mol. The molecule has 154 valence electrons. The van der Waals surface area contributed by atoms with E-state index < -0.39 is 52.0 Å². The average Bonchev–Trinajstić information content (AvgIpc) is 3.46. The number of benzene rings is 2. The van der Waals surface area contributed by atoms with E-state index in [1.54, 1.807) is 30.3 Å². The molecule has 5 nitrogen and oxygen atoms in total. The van der Waals surface area contributed by atoms with Crippen LogP contribution < -0.4 is 5.32 Å². The molecule has 0 saturated heterocycles.